The third-order valence-electron chi connectivity index (χ3n) is 3.11. The number of nitrogens with zero attached hydrogens (tertiary/aromatic N) is 3. The highest BCUT2D eigenvalue weighted by molar-refractivity contribution is 5.96. The zero-order chi connectivity index (χ0) is 17.7. The topological polar surface area (TPSA) is 97.1 Å². The van der Waals surface area contributed by atoms with Crippen molar-refractivity contribution in [3.05, 3.63) is 54.6 Å². The SMILES string of the molecule is CC(C)(C)/C=C/C(NC(=O)c1cnn(-c2ccncc2)c1)C(=O)O. The van der Waals surface area contributed by atoms with Crippen LogP contribution in [-0.2, 0) is 4.79 Å². The van der Waals surface area contributed by atoms with E-state index in [0.29, 0.717) is 0 Å². The van der Waals surface area contributed by atoms with Gasteiger partial charge in [0.15, 0.2) is 0 Å². The van der Waals surface area contributed by atoms with Gasteiger partial charge in [-0.25, -0.2) is 9.48 Å². The molecule has 2 aromatic rings. The zero-order valence-corrected chi connectivity index (χ0v) is 13.8. The number of carboxylic acid groups (broad SMARTS) is 1. The van der Waals surface area contributed by atoms with Crippen molar-refractivity contribution in [2.75, 3.05) is 0 Å². The molecule has 0 saturated carbocycles. The van der Waals surface area contributed by atoms with Gasteiger partial charge in [-0.3, -0.25) is 9.78 Å². The first-order chi connectivity index (χ1) is 11.3. The van der Waals surface area contributed by atoms with Crippen LogP contribution in [0, 0.1) is 5.41 Å². The van der Waals surface area contributed by atoms with E-state index in [1.54, 1.807) is 30.6 Å². The number of carboxylic acids is 1. The number of allylic oxidation sites excluding steroid dienone is 1. The fourth-order valence-corrected chi connectivity index (χ4v) is 1.88. The summed E-state index contributed by atoms with van der Waals surface area (Å²) in [6, 6.07) is 2.41. The number of nitrogens with one attached hydrogen (secondary N) is 1. The van der Waals surface area contributed by atoms with Gasteiger partial charge in [-0.15, -0.1) is 0 Å². The first kappa shape index (κ1) is 17.4. The number of rotatable bonds is 5. The minimum Gasteiger partial charge on any atom is -0.479 e. The average Bonchev–Trinajstić information content (AvgIpc) is 3.01. The molecule has 0 saturated heterocycles. The molecule has 0 aliphatic carbocycles. The van der Waals surface area contributed by atoms with E-state index in [9.17, 15) is 14.7 Å². The van der Waals surface area contributed by atoms with Crippen molar-refractivity contribution in [1.82, 2.24) is 20.1 Å². The molecule has 7 heteroatoms. The summed E-state index contributed by atoms with van der Waals surface area (Å²) >= 11 is 0. The molecule has 2 heterocycles. The number of hydrogen-bond donors (Lipinski definition) is 2. The second-order valence-corrected chi connectivity index (χ2v) is 6.39. The Bertz CT molecular complexity index is 745. The van der Waals surface area contributed by atoms with Gasteiger partial charge in [0, 0.05) is 18.6 Å². The lowest BCUT2D eigenvalue weighted by Crippen LogP contribution is -2.39. The number of aliphatic carboxylic acids is 1. The lowest BCUT2D eigenvalue weighted by Gasteiger charge is -2.14. The van der Waals surface area contributed by atoms with Crippen LogP contribution < -0.4 is 5.32 Å². The number of aromatic nitrogens is 3. The summed E-state index contributed by atoms with van der Waals surface area (Å²) in [5, 5.41) is 15.8. The highest BCUT2D eigenvalue weighted by atomic mass is 16.4. The predicted molar refractivity (Wildman–Crippen MR) is 88.8 cm³/mol. The summed E-state index contributed by atoms with van der Waals surface area (Å²) in [7, 11) is 0. The minimum atomic E-state index is -1.12. The molecule has 1 amide bonds. The Kier molecular flexibility index (Phi) is 5.13. The maximum absolute atomic E-state index is 12.3. The van der Waals surface area contributed by atoms with Gasteiger partial charge in [-0.2, -0.15) is 5.10 Å². The molecule has 0 bridgehead atoms. The molecule has 0 radical (unpaired) electrons. The Morgan fingerprint density at radius 2 is 1.96 bits per heavy atom. The van der Waals surface area contributed by atoms with Crippen molar-refractivity contribution in [3.8, 4) is 5.69 Å². The lowest BCUT2D eigenvalue weighted by molar-refractivity contribution is -0.137. The summed E-state index contributed by atoms with van der Waals surface area (Å²) in [5.74, 6) is -1.62. The van der Waals surface area contributed by atoms with Gasteiger partial charge in [0.25, 0.3) is 5.91 Å². The Morgan fingerprint density at radius 1 is 1.29 bits per heavy atom. The molecule has 7 nitrogen and oxygen atoms in total. The molecule has 0 aliphatic rings. The quantitative estimate of drug-likeness (QED) is 0.819. The molecule has 0 fully saturated rings. The third-order valence-corrected chi connectivity index (χ3v) is 3.11. The molecule has 2 aromatic heterocycles. The molecule has 0 aromatic carbocycles. The van der Waals surface area contributed by atoms with Crippen LogP contribution in [0.2, 0.25) is 0 Å². The number of hydrogen-bond acceptors (Lipinski definition) is 4. The van der Waals surface area contributed by atoms with Crippen LogP contribution in [0.1, 0.15) is 31.1 Å². The highest BCUT2D eigenvalue weighted by Gasteiger charge is 2.20. The van der Waals surface area contributed by atoms with Crippen LogP contribution in [0.4, 0.5) is 0 Å². The van der Waals surface area contributed by atoms with Crippen molar-refractivity contribution in [2.24, 2.45) is 5.41 Å². The molecule has 0 aliphatic heterocycles. The van der Waals surface area contributed by atoms with Gasteiger partial charge >= 0.3 is 5.97 Å². The van der Waals surface area contributed by atoms with Crippen molar-refractivity contribution in [1.29, 1.82) is 0 Å². The van der Waals surface area contributed by atoms with E-state index in [1.165, 1.54) is 23.2 Å². The van der Waals surface area contributed by atoms with Gasteiger partial charge in [0.2, 0.25) is 0 Å². The first-order valence-corrected chi connectivity index (χ1v) is 7.44. The van der Waals surface area contributed by atoms with Crippen LogP contribution in [0.5, 0.6) is 0 Å². The summed E-state index contributed by atoms with van der Waals surface area (Å²) in [6.45, 7) is 5.84. The molecule has 126 valence electrons. The lowest BCUT2D eigenvalue weighted by atomic mass is 9.95. The highest BCUT2D eigenvalue weighted by Crippen LogP contribution is 2.15. The normalized spacial score (nSPS) is 13.0. The smallest absolute Gasteiger partial charge is 0.330 e. The summed E-state index contributed by atoms with van der Waals surface area (Å²) in [4.78, 5) is 27.5. The van der Waals surface area contributed by atoms with Crippen LogP contribution in [-0.4, -0.2) is 37.8 Å². The van der Waals surface area contributed by atoms with Crippen LogP contribution in [0.15, 0.2) is 49.1 Å². The van der Waals surface area contributed by atoms with Crippen LogP contribution in [0.25, 0.3) is 5.69 Å². The molecule has 2 N–H and O–H groups in total. The molecule has 1 unspecified atom stereocenters. The monoisotopic (exact) mass is 328 g/mol. The van der Waals surface area contributed by atoms with E-state index >= 15 is 0 Å². The van der Waals surface area contributed by atoms with Crippen LogP contribution in [0.3, 0.4) is 0 Å². The fourth-order valence-electron chi connectivity index (χ4n) is 1.88. The van der Waals surface area contributed by atoms with Gasteiger partial charge in [0.1, 0.15) is 6.04 Å². The maximum atomic E-state index is 12.3. The van der Waals surface area contributed by atoms with Gasteiger partial charge < -0.3 is 10.4 Å². The van der Waals surface area contributed by atoms with E-state index < -0.39 is 17.9 Å². The Labute approximate surface area is 140 Å². The van der Waals surface area contributed by atoms with Crippen molar-refractivity contribution < 1.29 is 14.7 Å². The van der Waals surface area contributed by atoms with Crippen molar-refractivity contribution >= 4 is 11.9 Å². The zero-order valence-electron chi connectivity index (χ0n) is 13.8. The molecular formula is C17H20N4O3. The van der Waals surface area contributed by atoms with Crippen molar-refractivity contribution in [2.45, 2.75) is 26.8 Å². The number of pyridine rings is 1. The van der Waals surface area contributed by atoms with E-state index in [2.05, 4.69) is 15.4 Å². The summed E-state index contributed by atoms with van der Waals surface area (Å²) in [5.41, 5.74) is 0.860. The van der Waals surface area contributed by atoms with E-state index in [-0.39, 0.29) is 11.0 Å². The fraction of sp³-hybridized carbons (Fsp3) is 0.294. The molecule has 2 rings (SSSR count). The standard InChI is InChI=1S/C17H20N4O3/c1-17(2,3)7-4-14(16(23)24)20-15(22)12-10-19-21(11-12)13-5-8-18-9-6-13/h4-11,14H,1-3H3,(H,20,22)(H,23,24)/b7-4+. The Hall–Kier alpha value is -2.96. The maximum Gasteiger partial charge on any atom is 0.330 e. The van der Waals surface area contributed by atoms with Crippen LogP contribution >= 0.6 is 0 Å². The van der Waals surface area contributed by atoms with E-state index in [1.807, 2.05) is 20.8 Å². The van der Waals surface area contributed by atoms with Gasteiger partial charge in [-0.1, -0.05) is 32.9 Å². The van der Waals surface area contributed by atoms with E-state index in [4.69, 9.17) is 0 Å². The number of carbonyl (C=O) groups excluding carboxylic acids is 1. The predicted octanol–water partition coefficient (Wildman–Crippen LogP) is 2.05. The first-order valence-electron chi connectivity index (χ1n) is 7.44. The van der Waals surface area contributed by atoms with E-state index in [0.717, 1.165) is 5.69 Å². The molecule has 1 atom stereocenters. The number of amides is 1. The summed E-state index contributed by atoms with van der Waals surface area (Å²) < 4.78 is 1.53. The van der Waals surface area contributed by atoms with Crippen molar-refractivity contribution in [3.63, 3.8) is 0 Å². The van der Waals surface area contributed by atoms with Gasteiger partial charge in [0.05, 0.1) is 17.4 Å². The second kappa shape index (κ2) is 7.08. The number of carbonyl (C=O) groups is 2. The molecular weight excluding hydrogens is 308 g/mol. The molecule has 0 spiro atoms. The largest absolute Gasteiger partial charge is 0.479 e. The minimum absolute atomic E-state index is 0.176. The average molecular weight is 328 g/mol. The third kappa shape index (κ3) is 4.77. The Balaban J connectivity index is 2.12. The van der Waals surface area contributed by atoms with Gasteiger partial charge in [-0.05, 0) is 17.5 Å². The Morgan fingerprint density at radius 3 is 2.54 bits per heavy atom. The summed E-state index contributed by atoms with van der Waals surface area (Å²) in [6.07, 6.45) is 9.40. The second-order valence-electron chi connectivity index (χ2n) is 6.39. The molecule has 24 heavy (non-hydrogen) atoms.